The van der Waals surface area contributed by atoms with E-state index in [9.17, 15) is 18.6 Å². The van der Waals surface area contributed by atoms with Gasteiger partial charge in [0, 0.05) is 34.9 Å². The summed E-state index contributed by atoms with van der Waals surface area (Å²) in [5.74, 6) is 0.557. The highest BCUT2D eigenvalue weighted by Crippen LogP contribution is 2.33. The topological polar surface area (TPSA) is 86.8 Å². The summed E-state index contributed by atoms with van der Waals surface area (Å²) in [7, 11) is -0.896. The number of hydrogen-bond donors (Lipinski definition) is 1. The lowest BCUT2D eigenvalue weighted by molar-refractivity contribution is -0.140. The minimum atomic E-state index is -0.896. The van der Waals surface area contributed by atoms with Crippen molar-refractivity contribution in [3.63, 3.8) is 0 Å². The van der Waals surface area contributed by atoms with E-state index in [0.29, 0.717) is 37.3 Å². The molecule has 3 fully saturated rings. The number of urea groups is 1. The standard InChI is InChI=1S/C16H25N3O4S/c1-12-5-9-24(23)10-8-18(12)13(20)11-19-14(21)16(17-15(19)22)6-3-2-4-7-16/h12H,2-11H2,1H3,(H,17,22)/t12-,24-/m1/s1. The van der Waals surface area contributed by atoms with Gasteiger partial charge in [0.25, 0.3) is 5.91 Å². The molecule has 0 aromatic carbocycles. The summed E-state index contributed by atoms with van der Waals surface area (Å²) in [6, 6.07) is -0.477. The molecule has 0 aromatic heterocycles. The van der Waals surface area contributed by atoms with Crippen LogP contribution in [0, 0.1) is 0 Å². The largest absolute Gasteiger partial charge is 0.337 e. The van der Waals surface area contributed by atoms with Crippen LogP contribution < -0.4 is 5.32 Å². The van der Waals surface area contributed by atoms with E-state index < -0.39 is 22.4 Å². The molecule has 2 aliphatic heterocycles. The lowest BCUT2D eigenvalue weighted by atomic mass is 9.82. The first kappa shape index (κ1) is 17.4. The third-order valence-electron chi connectivity index (χ3n) is 5.42. The van der Waals surface area contributed by atoms with Crippen LogP contribution in [0.15, 0.2) is 0 Å². The summed E-state index contributed by atoms with van der Waals surface area (Å²) in [4.78, 5) is 40.4. The Balaban J connectivity index is 1.68. The van der Waals surface area contributed by atoms with E-state index in [4.69, 9.17) is 0 Å². The molecule has 2 saturated heterocycles. The summed E-state index contributed by atoms with van der Waals surface area (Å²) in [5, 5.41) is 2.83. The van der Waals surface area contributed by atoms with Crippen LogP contribution in [0.25, 0.3) is 0 Å². The molecule has 0 bridgehead atoms. The predicted octanol–water partition coefficient (Wildman–Crippen LogP) is 0.611. The number of hydrogen-bond acceptors (Lipinski definition) is 4. The van der Waals surface area contributed by atoms with Crippen LogP contribution in [0.3, 0.4) is 0 Å². The first-order valence-corrected chi connectivity index (χ1v) is 10.2. The van der Waals surface area contributed by atoms with Crippen LogP contribution in [-0.4, -0.2) is 68.0 Å². The Morgan fingerprint density at radius 2 is 1.96 bits per heavy atom. The molecular formula is C16H25N3O4S. The second-order valence-electron chi connectivity index (χ2n) is 7.04. The second-order valence-corrected chi connectivity index (χ2v) is 8.73. The van der Waals surface area contributed by atoms with E-state index in [2.05, 4.69) is 5.32 Å². The van der Waals surface area contributed by atoms with Crippen molar-refractivity contribution in [2.45, 2.75) is 57.0 Å². The Labute approximate surface area is 144 Å². The van der Waals surface area contributed by atoms with Crippen molar-refractivity contribution in [2.75, 3.05) is 24.6 Å². The van der Waals surface area contributed by atoms with Crippen LogP contribution in [-0.2, 0) is 20.4 Å². The number of nitrogens with one attached hydrogen (secondary N) is 1. The molecule has 2 heterocycles. The number of amides is 4. The zero-order valence-corrected chi connectivity index (χ0v) is 14.9. The normalized spacial score (nSPS) is 30.4. The van der Waals surface area contributed by atoms with Gasteiger partial charge in [-0.1, -0.05) is 19.3 Å². The van der Waals surface area contributed by atoms with E-state index in [1.807, 2.05) is 6.92 Å². The summed E-state index contributed by atoms with van der Waals surface area (Å²) in [5.41, 5.74) is -0.790. The van der Waals surface area contributed by atoms with Gasteiger partial charge in [-0.05, 0) is 26.2 Å². The Kier molecular flexibility index (Phi) is 4.94. The summed E-state index contributed by atoms with van der Waals surface area (Å²) >= 11 is 0. The minimum Gasteiger partial charge on any atom is -0.337 e. The van der Waals surface area contributed by atoms with E-state index in [1.165, 1.54) is 0 Å². The fourth-order valence-electron chi connectivity index (χ4n) is 3.89. The second kappa shape index (κ2) is 6.82. The number of rotatable bonds is 2. The number of imide groups is 1. The number of nitrogens with zero attached hydrogens (tertiary/aromatic N) is 2. The molecule has 1 saturated carbocycles. The van der Waals surface area contributed by atoms with Crippen LogP contribution >= 0.6 is 0 Å². The molecule has 8 heteroatoms. The molecule has 1 spiro atoms. The molecule has 0 unspecified atom stereocenters. The van der Waals surface area contributed by atoms with Crippen LogP contribution in [0.4, 0.5) is 4.79 Å². The average molecular weight is 355 g/mol. The maximum Gasteiger partial charge on any atom is 0.325 e. The molecule has 24 heavy (non-hydrogen) atoms. The average Bonchev–Trinajstić information content (AvgIpc) is 2.69. The van der Waals surface area contributed by atoms with Gasteiger partial charge in [0.05, 0.1) is 0 Å². The zero-order valence-electron chi connectivity index (χ0n) is 14.1. The van der Waals surface area contributed by atoms with Crippen molar-refractivity contribution in [3.8, 4) is 0 Å². The first-order valence-electron chi connectivity index (χ1n) is 8.71. The summed E-state index contributed by atoms with van der Waals surface area (Å²) < 4.78 is 11.7. The maximum absolute atomic E-state index is 12.7. The highest BCUT2D eigenvalue weighted by atomic mass is 32.2. The van der Waals surface area contributed by atoms with Gasteiger partial charge >= 0.3 is 6.03 Å². The van der Waals surface area contributed by atoms with Crippen LogP contribution in [0.2, 0.25) is 0 Å². The molecule has 4 amide bonds. The quantitative estimate of drug-likeness (QED) is 0.735. The van der Waals surface area contributed by atoms with Crippen LogP contribution in [0.5, 0.6) is 0 Å². The summed E-state index contributed by atoms with van der Waals surface area (Å²) in [6.45, 7) is 2.12. The predicted molar refractivity (Wildman–Crippen MR) is 89.7 cm³/mol. The molecule has 1 N–H and O–H groups in total. The Morgan fingerprint density at radius 1 is 1.25 bits per heavy atom. The van der Waals surface area contributed by atoms with Crippen LogP contribution in [0.1, 0.15) is 45.4 Å². The highest BCUT2D eigenvalue weighted by Gasteiger charge is 2.51. The van der Waals surface area contributed by atoms with Crippen molar-refractivity contribution in [3.05, 3.63) is 0 Å². The van der Waals surface area contributed by atoms with E-state index in [-0.39, 0.29) is 24.4 Å². The fourth-order valence-corrected chi connectivity index (χ4v) is 5.10. The van der Waals surface area contributed by atoms with E-state index in [0.717, 1.165) is 24.2 Å². The first-order chi connectivity index (χ1) is 11.4. The summed E-state index contributed by atoms with van der Waals surface area (Å²) in [6.07, 6.45) is 4.91. The molecule has 3 rings (SSSR count). The Hall–Kier alpha value is -1.44. The van der Waals surface area contributed by atoms with Crippen molar-refractivity contribution in [1.29, 1.82) is 0 Å². The van der Waals surface area contributed by atoms with Gasteiger partial charge in [0.15, 0.2) is 0 Å². The van der Waals surface area contributed by atoms with Gasteiger partial charge in [0.2, 0.25) is 5.91 Å². The molecular weight excluding hydrogens is 330 g/mol. The van der Waals surface area contributed by atoms with E-state index in [1.54, 1.807) is 4.90 Å². The van der Waals surface area contributed by atoms with Crippen molar-refractivity contribution >= 4 is 28.6 Å². The Morgan fingerprint density at radius 3 is 2.67 bits per heavy atom. The van der Waals surface area contributed by atoms with Gasteiger partial charge in [-0.25, -0.2) is 4.79 Å². The third kappa shape index (κ3) is 3.20. The molecule has 7 nitrogen and oxygen atoms in total. The van der Waals surface area contributed by atoms with Gasteiger partial charge in [-0.2, -0.15) is 0 Å². The lowest BCUT2D eigenvalue weighted by Gasteiger charge is -2.31. The minimum absolute atomic E-state index is 0.0200. The molecule has 3 aliphatic rings. The van der Waals surface area contributed by atoms with Gasteiger partial charge in [-0.15, -0.1) is 0 Å². The number of carbonyl (C=O) groups is 3. The fraction of sp³-hybridized carbons (Fsp3) is 0.812. The van der Waals surface area contributed by atoms with Gasteiger partial charge in [0.1, 0.15) is 12.1 Å². The SMILES string of the molecule is C[C@@H]1CC[S@@](=O)CCN1C(=O)CN1C(=O)NC2(CCCCC2)C1=O. The van der Waals surface area contributed by atoms with Gasteiger partial charge < -0.3 is 10.2 Å². The molecule has 1 aliphatic carbocycles. The van der Waals surface area contributed by atoms with Crippen molar-refractivity contribution < 1.29 is 18.6 Å². The molecule has 134 valence electrons. The number of carbonyl (C=O) groups excluding carboxylic acids is 3. The molecule has 0 aromatic rings. The molecule has 2 atom stereocenters. The lowest BCUT2D eigenvalue weighted by Crippen LogP contribution is -2.50. The third-order valence-corrected chi connectivity index (χ3v) is 6.75. The maximum atomic E-state index is 12.7. The van der Waals surface area contributed by atoms with Crippen molar-refractivity contribution in [1.82, 2.24) is 15.1 Å². The van der Waals surface area contributed by atoms with E-state index >= 15 is 0 Å². The van der Waals surface area contributed by atoms with Crippen molar-refractivity contribution in [2.24, 2.45) is 0 Å². The van der Waals surface area contributed by atoms with Gasteiger partial charge in [-0.3, -0.25) is 18.7 Å². The molecule has 0 radical (unpaired) electrons. The Bertz CT molecular complexity index is 574. The smallest absolute Gasteiger partial charge is 0.325 e. The monoisotopic (exact) mass is 355 g/mol. The highest BCUT2D eigenvalue weighted by molar-refractivity contribution is 7.85. The zero-order chi connectivity index (χ0) is 17.3.